The molecule has 3 aromatic rings. The van der Waals surface area contributed by atoms with E-state index in [2.05, 4.69) is 4.99 Å². The van der Waals surface area contributed by atoms with Gasteiger partial charge in [0.05, 0.1) is 23.2 Å². The van der Waals surface area contributed by atoms with Crippen LogP contribution in [0, 0.1) is 5.41 Å². The Bertz CT molecular complexity index is 1190. The molecule has 1 fully saturated rings. The van der Waals surface area contributed by atoms with E-state index in [1.807, 2.05) is 6.07 Å². The number of hydrogen-bond acceptors (Lipinski definition) is 5. The number of aliphatic hydroxyl groups excluding tert-OH is 1. The standard InChI is InChI=1S/C23H26F2N6O2/c24-23(25)11-15(27)10-16(12-23)31-19-9-14(21(28)29-13-26)5-6-18(19)30-22(31)17-3-1-2-4-20(17)33-8-7-32/h1-6,9,13,15-16,32H,7-8,10-12,27H2,(H3,26,28,29). The topological polar surface area (TPSA) is 136 Å². The third kappa shape index (κ3) is 4.71. The van der Waals surface area contributed by atoms with E-state index in [1.54, 1.807) is 41.0 Å². The summed E-state index contributed by atoms with van der Waals surface area (Å²) < 4.78 is 36.6. The Morgan fingerprint density at radius 2 is 2.09 bits per heavy atom. The van der Waals surface area contributed by atoms with Crippen molar-refractivity contribution in [1.29, 1.82) is 5.41 Å². The van der Waals surface area contributed by atoms with Crippen molar-refractivity contribution in [1.82, 2.24) is 9.55 Å². The molecule has 0 bridgehead atoms. The Kier molecular flexibility index (Phi) is 6.39. The van der Waals surface area contributed by atoms with Gasteiger partial charge in [0.25, 0.3) is 5.92 Å². The summed E-state index contributed by atoms with van der Waals surface area (Å²) in [6.45, 7) is -0.0756. The first-order chi connectivity index (χ1) is 15.8. The molecule has 2 aromatic carbocycles. The van der Waals surface area contributed by atoms with Crippen molar-refractivity contribution in [2.45, 2.75) is 37.3 Å². The van der Waals surface area contributed by atoms with E-state index in [0.717, 1.165) is 6.34 Å². The summed E-state index contributed by atoms with van der Waals surface area (Å²) in [5.74, 6) is -1.81. The zero-order valence-corrected chi connectivity index (χ0v) is 17.9. The van der Waals surface area contributed by atoms with Crippen molar-refractivity contribution in [2.24, 2.45) is 16.5 Å². The van der Waals surface area contributed by atoms with Crippen molar-refractivity contribution in [2.75, 3.05) is 13.2 Å². The number of hydrogen-bond donors (Lipinski definition) is 4. The number of para-hydroxylation sites is 1. The summed E-state index contributed by atoms with van der Waals surface area (Å²) >= 11 is 0. The van der Waals surface area contributed by atoms with Crippen molar-refractivity contribution in [3.63, 3.8) is 0 Å². The van der Waals surface area contributed by atoms with E-state index in [9.17, 15) is 13.9 Å². The Morgan fingerprint density at radius 3 is 2.82 bits per heavy atom. The van der Waals surface area contributed by atoms with Gasteiger partial charge in [-0.1, -0.05) is 12.1 Å². The normalized spacial score (nSPS) is 20.7. The van der Waals surface area contributed by atoms with Crippen molar-refractivity contribution >= 4 is 23.2 Å². The number of aliphatic imine (C=N–C) groups is 1. The maximum atomic E-state index is 14.6. The lowest BCUT2D eigenvalue weighted by atomic mass is 9.88. The molecule has 8 nitrogen and oxygen atoms in total. The zero-order chi connectivity index (χ0) is 23.6. The summed E-state index contributed by atoms with van der Waals surface area (Å²) in [6, 6.07) is 11.1. The maximum absolute atomic E-state index is 14.6. The number of nitrogens with one attached hydrogen (secondary N) is 1. The molecule has 1 aromatic heterocycles. The molecule has 33 heavy (non-hydrogen) atoms. The first-order valence-electron chi connectivity index (χ1n) is 10.6. The number of rotatable bonds is 7. The molecule has 10 heteroatoms. The second-order valence-corrected chi connectivity index (χ2v) is 8.13. The number of amidine groups is 1. The molecule has 6 N–H and O–H groups in total. The quantitative estimate of drug-likeness (QED) is 0.320. The Balaban J connectivity index is 1.94. The van der Waals surface area contributed by atoms with E-state index in [1.165, 1.54) is 0 Å². The molecule has 0 spiro atoms. The van der Waals surface area contributed by atoms with E-state index < -0.39 is 18.0 Å². The van der Waals surface area contributed by atoms with Crippen LogP contribution < -0.4 is 16.2 Å². The van der Waals surface area contributed by atoms with Crippen LogP contribution in [-0.2, 0) is 0 Å². The highest BCUT2D eigenvalue weighted by atomic mass is 19.3. The SMILES string of the molecule is N=CN=C(N)c1ccc2nc(-c3ccccc3OCCO)n(C3CC(N)CC(F)(F)C3)c2c1. The van der Waals surface area contributed by atoms with Crippen LogP contribution in [0.4, 0.5) is 8.78 Å². The van der Waals surface area contributed by atoms with E-state index in [4.69, 9.17) is 26.6 Å². The van der Waals surface area contributed by atoms with Crippen LogP contribution in [0.2, 0.25) is 0 Å². The zero-order valence-electron chi connectivity index (χ0n) is 17.9. The van der Waals surface area contributed by atoms with Gasteiger partial charge in [-0.25, -0.2) is 18.8 Å². The fraction of sp³-hybridized carbons (Fsp3) is 0.348. The molecule has 1 aliphatic carbocycles. The van der Waals surface area contributed by atoms with Crippen LogP contribution in [0.1, 0.15) is 30.9 Å². The van der Waals surface area contributed by atoms with Gasteiger partial charge < -0.3 is 25.9 Å². The fourth-order valence-corrected chi connectivity index (χ4v) is 4.41. The smallest absolute Gasteiger partial charge is 0.251 e. The van der Waals surface area contributed by atoms with Gasteiger partial charge in [-0.2, -0.15) is 0 Å². The largest absolute Gasteiger partial charge is 0.490 e. The molecule has 1 saturated carbocycles. The van der Waals surface area contributed by atoms with Gasteiger partial charge in [0.15, 0.2) is 0 Å². The first kappa shape index (κ1) is 22.8. The Hall–Kier alpha value is -3.37. The highest BCUT2D eigenvalue weighted by Crippen LogP contribution is 2.43. The number of benzene rings is 2. The predicted octanol–water partition coefficient (Wildman–Crippen LogP) is 3.07. The molecule has 2 unspecified atom stereocenters. The number of fused-ring (bicyclic) bond motifs is 1. The summed E-state index contributed by atoms with van der Waals surface area (Å²) in [7, 11) is 0. The molecule has 174 valence electrons. The number of nitrogens with zero attached hydrogens (tertiary/aromatic N) is 3. The molecule has 0 saturated heterocycles. The molecule has 1 aliphatic rings. The summed E-state index contributed by atoms with van der Waals surface area (Å²) in [6.07, 6.45) is 0.485. The monoisotopic (exact) mass is 456 g/mol. The van der Waals surface area contributed by atoms with E-state index >= 15 is 0 Å². The molecule has 0 aliphatic heterocycles. The second kappa shape index (κ2) is 9.24. The maximum Gasteiger partial charge on any atom is 0.251 e. The minimum Gasteiger partial charge on any atom is -0.490 e. The number of aromatic nitrogens is 2. The fourth-order valence-electron chi connectivity index (χ4n) is 4.41. The van der Waals surface area contributed by atoms with Gasteiger partial charge >= 0.3 is 0 Å². The lowest BCUT2D eigenvalue weighted by molar-refractivity contribution is -0.0550. The highest BCUT2D eigenvalue weighted by Gasteiger charge is 2.42. The van der Waals surface area contributed by atoms with Crippen molar-refractivity contribution < 1.29 is 18.6 Å². The third-order valence-electron chi connectivity index (χ3n) is 5.70. The summed E-state index contributed by atoms with van der Waals surface area (Å²) in [5.41, 5.74) is 14.4. The minimum atomic E-state index is -2.90. The molecule has 2 atom stereocenters. The van der Waals surface area contributed by atoms with Gasteiger partial charge in [-0.05, 0) is 36.8 Å². The summed E-state index contributed by atoms with van der Waals surface area (Å²) in [4.78, 5) is 8.57. The molecule has 0 radical (unpaired) electrons. The predicted molar refractivity (Wildman–Crippen MR) is 123 cm³/mol. The number of alkyl halides is 2. The highest BCUT2D eigenvalue weighted by molar-refractivity contribution is 6.03. The molecule has 0 amide bonds. The van der Waals surface area contributed by atoms with Gasteiger partial charge in [-0.3, -0.25) is 5.41 Å². The number of imidazole rings is 1. The second-order valence-electron chi connectivity index (χ2n) is 8.13. The number of ether oxygens (including phenoxy) is 1. The molecule has 4 rings (SSSR count). The number of aliphatic hydroxyl groups is 1. The van der Waals surface area contributed by atoms with Crippen LogP contribution in [0.15, 0.2) is 47.5 Å². The minimum absolute atomic E-state index is 0.0877. The van der Waals surface area contributed by atoms with Crippen LogP contribution in [0.3, 0.4) is 0 Å². The molecule has 1 heterocycles. The average molecular weight is 456 g/mol. The van der Waals surface area contributed by atoms with Crippen LogP contribution in [0.5, 0.6) is 5.75 Å². The lowest BCUT2D eigenvalue weighted by Crippen LogP contribution is -2.40. The Morgan fingerprint density at radius 1 is 1.30 bits per heavy atom. The van der Waals surface area contributed by atoms with Gasteiger partial charge in [-0.15, -0.1) is 0 Å². The molecular weight excluding hydrogens is 430 g/mol. The number of nitrogens with two attached hydrogens (primary N) is 2. The van der Waals surface area contributed by atoms with Gasteiger partial charge in [0.1, 0.15) is 30.4 Å². The van der Waals surface area contributed by atoms with Gasteiger partial charge in [0.2, 0.25) is 0 Å². The number of halogens is 2. The van der Waals surface area contributed by atoms with Gasteiger partial charge in [0, 0.05) is 30.5 Å². The summed E-state index contributed by atoms with van der Waals surface area (Å²) in [5, 5.41) is 16.4. The van der Waals surface area contributed by atoms with Crippen molar-refractivity contribution in [3.8, 4) is 17.1 Å². The third-order valence-corrected chi connectivity index (χ3v) is 5.70. The van der Waals surface area contributed by atoms with Crippen LogP contribution >= 0.6 is 0 Å². The van der Waals surface area contributed by atoms with Crippen LogP contribution in [-0.4, -0.2) is 52.0 Å². The van der Waals surface area contributed by atoms with E-state index in [-0.39, 0.29) is 31.9 Å². The Labute approximate surface area is 189 Å². The van der Waals surface area contributed by atoms with Crippen LogP contribution in [0.25, 0.3) is 22.4 Å². The van der Waals surface area contributed by atoms with Crippen molar-refractivity contribution in [3.05, 3.63) is 48.0 Å². The lowest BCUT2D eigenvalue weighted by Gasteiger charge is -2.34. The first-order valence-corrected chi connectivity index (χ1v) is 10.6. The molecular formula is C23H26F2N6O2. The average Bonchev–Trinajstić information content (AvgIpc) is 3.15. The van der Waals surface area contributed by atoms with E-state index in [0.29, 0.717) is 40.2 Å².